The van der Waals surface area contributed by atoms with Gasteiger partial charge in [-0.3, -0.25) is 0 Å². The Labute approximate surface area is 108 Å². The van der Waals surface area contributed by atoms with Crippen LogP contribution in [0.2, 0.25) is 0 Å². The van der Waals surface area contributed by atoms with Gasteiger partial charge in [0.15, 0.2) is 0 Å². The molecule has 1 aliphatic heterocycles. The first-order chi connectivity index (χ1) is 7.98. The number of rotatable bonds is 2. The van der Waals surface area contributed by atoms with E-state index in [2.05, 4.69) is 23.7 Å². The number of nitrogens with two attached hydrogens (primary N) is 1. The molecule has 0 saturated carbocycles. The smallest absolute Gasteiger partial charge is 0.129 e. The summed E-state index contributed by atoms with van der Waals surface area (Å²) in [6.07, 6.45) is 4.27. The number of hydrogen-bond acceptors (Lipinski definition) is 3. The zero-order chi connectivity index (χ0) is 12.5. The largest absolute Gasteiger partial charge is 0.389 e. The standard InChI is InChI=1S/C13H19N3S/c1-13(2)5-3-7-16(9-13)11-8-10(12(14)17)4-6-15-11/h4,6,8H,3,5,7,9H2,1-2H3,(H2,14,17). The van der Waals surface area contributed by atoms with Gasteiger partial charge in [-0.05, 0) is 30.4 Å². The molecule has 2 N–H and O–H groups in total. The summed E-state index contributed by atoms with van der Waals surface area (Å²) in [6, 6.07) is 3.85. The number of pyridine rings is 1. The molecule has 2 rings (SSSR count). The van der Waals surface area contributed by atoms with Crippen LogP contribution in [0.3, 0.4) is 0 Å². The Balaban J connectivity index is 2.22. The summed E-state index contributed by atoms with van der Waals surface area (Å²) < 4.78 is 0. The summed E-state index contributed by atoms with van der Waals surface area (Å²) >= 11 is 5.00. The molecule has 4 heteroatoms. The Hall–Kier alpha value is -1.16. The molecule has 1 aromatic rings. The van der Waals surface area contributed by atoms with E-state index in [9.17, 15) is 0 Å². The second kappa shape index (κ2) is 4.61. The molecule has 0 aromatic carbocycles. The second-order valence-corrected chi connectivity index (χ2v) is 5.90. The van der Waals surface area contributed by atoms with Crippen molar-refractivity contribution in [2.75, 3.05) is 18.0 Å². The van der Waals surface area contributed by atoms with Crippen molar-refractivity contribution >= 4 is 23.0 Å². The maximum Gasteiger partial charge on any atom is 0.129 e. The van der Waals surface area contributed by atoms with E-state index >= 15 is 0 Å². The summed E-state index contributed by atoms with van der Waals surface area (Å²) in [6.45, 7) is 6.71. The van der Waals surface area contributed by atoms with Crippen molar-refractivity contribution in [1.82, 2.24) is 4.98 Å². The van der Waals surface area contributed by atoms with Crippen molar-refractivity contribution < 1.29 is 0 Å². The van der Waals surface area contributed by atoms with Crippen LogP contribution in [0, 0.1) is 5.41 Å². The molecule has 0 bridgehead atoms. The van der Waals surface area contributed by atoms with E-state index in [0.717, 1.165) is 24.5 Å². The molecule has 3 nitrogen and oxygen atoms in total. The van der Waals surface area contributed by atoms with Gasteiger partial charge in [-0.25, -0.2) is 4.98 Å². The normalized spacial score (nSPS) is 19.1. The molecule has 1 aromatic heterocycles. The maximum atomic E-state index is 5.65. The topological polar surface area (TPSA) is 42.1 Å². The molecule has 0 aliphatic carbocycles. The summed E-state index contributed by atoms with van der Waals surface area (Å²) in [5.41, 5.74) is 6.91. The minimum atomic E-state index is 0.360. The van der Waals surface area contributed by atoms with Crippen LogP contribution in [-0.2, 0) is 0 Å². The SMILES string of the molecule is CC1(C)CCCN(c2cc(C(N)=S)ccn2)C1. The zero-order valence-corrected chi connectivity index (χ0v) is 11.3. The Morgan fingerprint density at radius 1 is 1.53 bits per heavy atom. The Bertz CT molecular complexity index is 428. The summed E-state index contributed by atoms with van der Waals surface area (Å²) in [5, 5.41) is 0. The quantitative estimate of drug-likeness (QED) is 0.817. The lowest BCUT2D eigenvalue weighted by Gasteiger charge is -2.38. The second-order valence-electron chi connectivity index (χ2n) is 5.46. The molecule has 0 radical (unpaired) electrons. The lowest BCUT2D eigenvalue weighted by molar-refractivity contribution is 0.292. The number of anilines is 1. The van der Waals surface area contributed by atoms with E-state index < -0.39 is 0 Å². The van der Waals surface area contributed by atoms with Gasteiger partial charge in [-0.15, -0.1) is 0 Å². The van der Waals surface area contributed by atoms with Crippen molar-refractivity contribution in [1.29, 1.82) is 0 Å². The van der Waals surface area contributed by atoms with Gasteiger partial charge in [0.2, 0.25) is 0 Å². The number of aromatic nitrogens is 1. The van der Waals surface area contributed by atoms with E-state index in [-0.39, 0.29) is 0 Å². The Morgan fingerprint density at radius 2 is 2.29 bits per heavy atom. The van der Waals surface area contributed by atoms with E-state index in [4.69, 9.17) is 18.0 Å². The fourth-order valence-corrected chi connectivity index (χ4v) is 2.49. The highest BCUT2D eigenvalue weighted by molar-refractivity contribution is 7.80. The van der Waals surface area contributed by atoms with E-state index in [1.807, 2.05) is 12.1 Å². The average Bonchev–Trinajstić information content (AvgIpc) is 2.28. The summed E-state index contributed by atoms with van der Waals surface area (Å²) in [5.74, 6) is 0.989. The van der Waals surface area contributed by atoms with E-state index in [1.54, 1.807) is 6.20 Å². The van der Waals surface area contributed by atoms with Gasteiger partial charge in [0, 0.05) is 24.8 Å². The number of piperidine rings is 1. The first-order valence-corrected chi connectivity index (χ1v) is 6.40. The molecule has 17 heavy (non-hydrogen) atoms. The fourth-order valence-electron chi connectivity index (χ4n) is 2.36. The van der Waals surface area contributed by atoms with Crippen LogP contribution in [0.5, 0.6) is 0 Å². The van der Waals surface area contributed by atoms with Crippen molar-refractivity contribution in [3.05, 3.63) is 23.9 Å². The van der Waals surface area contributed by atoms with Crippen LogP contribution in [0.4, 0.5) is 5.82 Å². The third-order valence-corrected chi connectivity index (χ3v) is 3.49. The molecule has 1 saturated heterocycles. The first kappa shape index (κ1) is 12.3. The number of nitrogens with zero attached hydrogens (tertiary/aromatic N) is 2. The lowest BCUT2D eigenvalue weighted by atomic mass is 9.84. The van der Waals surface area contributed by atoms with Crippen LogP contribution < -0.4 is 10.6 Å². The van der Waals surface area contributed by atoms with Gasteiger partial charge in [-0.2, -0.15) is 0 Å². The van der Waals surface area contributed by atoms with Crippen molar-refractivity contribution in [2.45, 2.75) is 26.7 Å². The van der Waals surface area contributed by atoms with Crippen LogP contribution in [-0.4, -0.2) is 23.1 Å². The highest BCUT2D eigenvalue weighted by atomic mass is 32.1. The van der Waals surface area contributed by atoms with Crippen LogP contribution >= 0.6 is 12.2 Å². The Kier molecular flexibility index (Phi) is 3.33. The van der Waals surface area contributed by atoms with Crippen LogP contribution in [0.15, 0.2) is 18.3 Å². The number of hydrogen-bond donors (Lipinski definition) is 1. The van der Waals surface area contributed by atoms with Crippen molar-refractivity contribution in [3.8, 4) is 0 Å². The first-order valence-electron chi connectivity index (χ1n) is 5.99. The van der Waals surface area contributed by atoms with Gasteiger partial charge in [0.25, 0.3) is 0 Å². The van der Waals surface area contributed by atoms with Crippen LogP contribution in [0.25, 0.3) is 0 Å². The molecule has 0 atom stereocenters. The van der Waals surface area contributed by atoms with Crippen molar-refractivity contribution in [2.24, 2.45) is 11.1 Å². The molecular formula is C13H19N3S. The molecular weight excluding hydrogens is 230 g/mol. The minimum absolute atomic E-state index is 0.360. The van der Waals surface area contributed by atoms with E-state index in [1.165, 1.54) is 12.8 Å². The zero-order valence-electron chi connectivity index (χ0n) is 10.4. The van der Waals surface area contributed by atoms with Gasteiger partial charge < -0.3 is 10.6 Å². The minimum Gasteiger partial charge on any atom is -0.389 e. The molecule has 1 aliphatic rings. The highest BCUT2D eigenvalue weighted by Gasteiger charge is 2.27. The van der Waals surface area contributed by atoms with Crippen LogP contribution in [0.1, 0.15) is 32.3 Å². The van der Waals surface area contributed by atoms with Gasteiger partial charge in [0.1, 0.15) is 10.8 Å². The molecule has 0 unspecified atom stereocenters. The monoisotopic (exact) mass is 249 g/mol. The third-order valence-electron chi connectivity index (χ3n) is 3.25. The van der Waals surface area contributed by atoms with Crippen molar-refractivity contribution in [3.63, 3.8) is 0 Å². The van der Waals surface area contributed by atoms with Gasteiger partial charge >= 0.3 is 0 Å². The van der Waals surface area contributed by atoms with Gasteiger partial charge in [-0.1, -0.05) is 26.1 Å². The average molecular weight is 249 g/mol. The predicted octanol–water partition coefficient (Wildman–Crippen LogP) is 2.34. The summed E-state index contributed by atoms with van der Waals surface area (Å²) in [7, 11) is 0. The van der Waals surface area contributed by atoms with Gasteiger partial charge in [0.05, 0.1) is 0 Å². The molecule has 0 spiro atoms. The highest BCUT2D eigenvalue weighted by Crippen LogP contribution is 2.30. The summed E-state index contributed by atoms with van der Waals surface area (Å²) in [4.78, 5) is 7.18. The molecule has 2 heterocycles. The van der Waals surface area contributed by atoms with E-state index in [0.29, 0.717) is 10.4 Å². The fraction of sp³-hybridized carbons (Fsp3) is 0.538. The molecule has 1 fully saturated rings. The maximum absolute atomic E-state index is 5.65. The number of thiocarbonyl (C=S) groups is 1. The predicted molar refractivity (Wildman–Crippen MR) is 75.4 cm³/mol. The molecule has 92 valence electrons. The molecule has 0 amide bonds. The lowest BCUT2D eigenvalue weighted by Crippen LogP contribution is -2.40. The third kappa shape index (κ3) is 2.94. The Morgan fingerprint density at radius 3 is 2.94 bits per heavy atom.